The molecule has 6 saturated heterocycles. The molecule has 0 spiro atoms. The average Bonchev–Trinajstić information content (AvgIpc) is 0.756. The highest BCUT2D eigenvalue weighted by Crippen LogP contribution is 2.41. The van der Waals surface area contributed by atoms with Crippen molar-refractivity contribution in [2.45, 2.75) is 423 Å². The highest BCUT2D eigenvalue weighted by molar-refractivity contribution is 5.77. The Kier molecular flexibility index (Phi) is 46.2. The fourth-order valence-electron chi connectivity index (χ4n) is 15.7. The van der Waals surface area contributed by atoms with Crippen LogP contribution in [0.2, 0.25) is 0 Å². The van der Waals surface area contributed by atoms with Gasteiger partial charge in [0.25, 0.3) is 5.79 Å². The van der Waals surface area contributed by atoms with Gasteiger partial charge in [0.1, 0.15) is 134 Å². The monoisotopic (exact) mass is 1690 g/mol. The van der Waals surface area contributed by atoms with Gasteiger partial charge in [-0.1, -0.05) is 180 Å². The summed E-state index contributed by atoms with van der Waals surface area (Å²) in [6, 6.07) is -4.81. The number of hydrogen-bond donors (Lipinski definition) is 22. The van der Waals surface area contributed by atoms with Crippen LogP contribution in [0.4, 0.5) is 0 Å². The predicted molar refractivity (Wildman–Crippen MR) is 410 cm³/mol. The third-order valence-electron chi connectivity index (χ3n) is 22.7. The lowest BCUT2D eigenvalue weighted by atomic mass is 9.88. The zero-order valence-electron chi connectivity index (χ0n) is 68.4. The first-order valence-electron chi connectivity index (χ1n) is 42.5. The number of aliphatic carboxylic acids is 1. The van der Waals surface area contributed by atoms with Gasteiger partial charge in [-0.15, -0.1) is 0 Å². The minimum absolute atomic E-state index is 0.159. The second-order valence-corrected chi connectivity index (χ2v) is 32.1. The number of hydrogen-bond acceptors (Lipinski definition) is 34. The molecule has 38 heteroatoms. The second kappa shape index (κ2) is 52.9. The fraction of sp³-hybridized carbons (Fsp3) is 0.924. The van der Waals surface area contributed by atoms with Crippen LogP contribution in [0.1, 0.15) is 221 Å². The molecule has 33 atom stereocenters. The molecule has 6 aliphatic rings. The van der Waals surface area contributed by atoms with Crippen molar-refractivity contribution >= 4 is 23.7 Å². The maximum absolute atomic E-state index is 13.6. The summed E-state index contributed by atoms with van der Waals surface area (Å²) in [6.45, 7) is 1.52. The number of ether oxygens (including phenoxy) is 12. The number of allylic oxidation sites excluding steroid dienone is 1. The van der Waals surface area contributed by atoms with E-state index in [9.17, 15) is 116 Å². The molecule has 6 aliphatic heterocycles. The van der Waals surface area contributed by atoms with Crippen molar-refractivity contribution in [1.82, 2.24) is 16.0 Å². The van der Waals surface area contributed by atoms with Crippen LogP contribution in [0, 0.1) is 0 Å². The number of aliphatic hydroxyl groups excluding tert-OH is 18. The number of unbranched alkanes of at least 4 members (excludes halogenated alkanes) is 25. The van der Waals surface area contributed by atoms with E-state index in [1.54, 1.807) is 6.08 Å². The topological polar surface area (TPSA) is 600 Å². The van der Waals surface area contributed by atoms with Crippen molar-refractivity contribution in [3.05, 3.63) is 12.2 Å². The number of carbonyl (C=O) groups is 4. The van der Waals surface area contributed by atoms with E-state index in [1.165, 1.54) is 116 Å². The minimum Gasteiger partial charge on any atom is -0.477 e. The van der Waals surface area contributed by atoms with Crippen LogP contribution in [0.3, 0.4) is 0 Å². The van der Waals surface area contributed by atoms with Crippen LogP contribution < -0.4 is 16.0 Å². The molecule has 38 nitrogen and oxygen atoms in total. The lowest BCUT2D eigenvalue weighted by Gasteiger charge is -2.52. The molecule has 0 bridgehead atoms. The Hall–Kier alpha value is -3.58. The molecule has 0 aromatic carbocycles. The molecule has 6 heterocycles. The Bertz CT molecular complexity index is 2810. The van der Waals surface area contributed by atoms with Gasteiger partial charge < -0.3 is 170 Å². The number of rotatable bonds is 54. The molecule has 6 rings (SSSR count). The van der Waals surface area contributed by atoms with Crippen molar-refractivity contribution < 1.29 is 173 Å². The summed E-state index contributed by atoms with van der Waals surface area (Å²) in [7, 11) is 0. The van der Waals surface area contributed by atoms with Crippen molar-refractivity contribution in [2.75, 3.05) is 39.6 Å². The maximum Gasteiger partial charge on any atom is 0.364 e. The first kappa shape index (κ1) is 102. The summed E-state index contributed by atoms with van der Waals surface area (Å²) < 4.78 is 72.1. The van der Waals surface area contributed by atoms with Crippen LogP contribution >= 0.6 is 0 Å². The zero-order valence-corrected chi connectivity index (χ0v) is 68.4. The molecule has 3 amide bonds. The van der Waals surface area contributed by atoms with E-state index >= 15 is 0 Å². The largest absolute Gasteiger partial charge is 0.477 e. The summed E-state index contributed by atoms with van der Waals surface area (Å²) in [5.41, 5.74) is 0. The number of carboxylic acid groups (broad SMARTS) is 1. The molecule has 0 aromatic rings. The van der Waals surface area contributed by atoms with Crippen molar-refractivity contribution in [3.63, 3.8) is 0 Å². The van der Waals surface area contributed by atoms with E-state index < -0.39 is 266 Å². The number of amides is 3. The van der Waals surface area contributed by atoms with Gasteiger partial charge in [0.15, 0.2) is 31.5 Å². The second-order valence-electron chi connectivity index (χ2n) is 32.1. The van der Waals surface area contributed by atoms with E-state index in [4.69, 9.17) is 56.8 Å². The molecule has 0 saturated carbocycles. The lowest BCUT2D eigenvalue weighted by molar-refractivity contribution is -0.398. The van der Waals surface area contributed by atoms with Gasteiger partial charge in [0, 0.05) is 26.7 Å². The van der Waals surface area contributed by atoms with E-state index in [0.717, 1.165) is 65.2 Å². The predicted octanol–water partition coefficient (Wildman–Crippen LogP) is -2.19. The molecule has 0 radical (unpaired) electrons. The lowest BCUT2D eigenvalue weighted by Crippen LogP contribution is -2.72. The Labute approximate surface area is 684 Å². The Morgan fingerprint density at radius 3 is 1.38 bits per heavy atom. The van der Waals surface area contributed by atoms with Crippen LogP contribution in [-0.4, -0.2) is 362 Å². The normalized spacial score (nSPS) is 36.6. The first-order chi connectivity index (χ1) is 56.0. The molecule has 6 fully saturated rings. The molecular weight excluding hydrogens is 1550 g/mol. The zero-order chi connectivity index (χ0) is 86.1. The van der Waals surface area contributed by atoms with Crippen molar-refractivity contribution in [3.8, 4) is 0 Å². The molecule has 0 aromatic heterocycles. The van der Waals surface area contributed by atoms with E-state index in [-0.39, 0.29) is 12.3 Å². The standard InChI is InChI=1S/C79H141N3O35/c1-6-8-10-12-14-16-18-20-21-23-25-27-29-31-33-35-54(93)82-46(47(90)34-32-30-28-26-24-22-19-17-15-13-11-9-7-2)42-106-74-64(101)61(98)68(51(39-85)110-74)113-76-65(102)62(99)67(52(40-86)111-76)112-73-56(81-45(5)89)71(69(53(41-87)109-73)114-75-63(100)60(97)57(94)43(3)107-75)115-77-66(103)72(59(96)50(38-84)108-77)117-79(78(104)105)36-48(91)55(80-44(4)88)70(116-79)58(95)49(92)37-83/h32,34,43,46-53,55-77,83-87,90-92,94-103H,6-31,33,35-42H2,1-5H3,(H,80,88)(H,81,89)(H,82,93)(H,104,105)/b34-32+/t43?,46-,47+,48?,49+,50?,51?,52?,53?,55+,56?,57+,58+,59-,60?,61+,62+,63-,64?,65?,66?,67-,68+,69-,70?,71+,72-,73-,74+,75+,76-,77-,79-/m0/s1. The number of nitrogens with one attached hydrogen (secondary N) is 3. The number of carboxylic acids is 1. The van der Waals surface area contributed by atoms with Gasteiger partial charge >= 0.3 is 5.97 Å². The van der Waals surface area contributed by atoms with Gasteiger partial charge in [0.2, 0.25) is 17.7 Å². The highest BCUT2D eigenvalue weighted by Gasteiger charge is 2.62. The molecule has 12 unspecified atom stereocenters. The van der Waals surface area contributed by atoms with Gasteiger partial charge in [-0.25, -0.2) is 4.79 Å². The van der Waals surface area contributed by atoms with Gasteiger partial charge in [-0.05, 0) is 26.2 Å². The summed E-state index contributed by atoms with van der Waals surface area (Å²) >= 11 is 0. The number of aliphatic hydroxyl groups is 18. The molecule has 117 heavy (non-hydrogen) atoms. The van der Waals surface area contributed by atoms with Gasteiger partial charge in [0.05, 0.1) is 70.0 Å². The quantitative estimate of drug-likeness (QED) is 0.0227. The maximum atomic E-state index is 13.6. The van der Waals surface area contributed by atoms with Crippen LogP contribution in [-0.2, 0) is 76.0 Å². The molecule has 22 N–H and O–H groups in total. The van der Waals surface area contributed by atoms with E-state index in [1.807, 2.05) is 6.08 Å². The Morgan fingerprint density at radius 1 is 0.462 bits per heavy atom. The summed E-state index contributed by atoms with van der Waals surface area (Å²) in [6.07, 6.45) is -25.8. The van der Waals surface area contributed by atoms with E-state index in [0.29, 0.717) is 12.8 Å². The van der Waals surface area contributed by atoms with Crippen LogP contribution in [0.5, 0.6) is 0 Å². The first-order valence-corrected chi connectivity index (χ1v) is 42.5. The molecule has 682 valence electrons. The number of carbonyl (C=O) groups excluding carboxylic acids is 3. The fourth-order valence-corrected chi connectivity index (χ4v) is 15.7. The van der Waals surface area contributed by atoms with Crippen LogP contribution in [0.25, 0.3) is 0 Å². The van der Waals surface area contributed by atoms with Gasteiger partial charge in [-0.2, -0.15) is 0 Å². The summed E-state index contributed by atoms with van der Waals surface area (Å²) in [5, 5.41) is 220. The molecular formula is C79H141N3O35. The average molecular weight is 1690 g/mol. The smallest absolute Gasteiger partial charge is 0.364 e. The van der Waals surface area contributed by atoms with E-state index in [2.05, 4.69) is 29.8 Å². The third kappa shape index (κ3) is 30.4. The molecule has 0 aliphatic carbocycles. The minimum atomic E-state index is -3.29. The SMILES string of the molecule is CCCCCCCCCCCCC/C=C/[C@@H](O)[C@H](CO[C@@H]1OC(CO)[C@@H](O[C@@H]2OC(CO)[C@H](O[C@@H]3OC(CO)[C@H](O[C@H]4OC(C)[C@@H](O)C(O)[C@@H]4O)[C@H](O[C@@H]4OC(CO)[C@H](O)[C@H](O[C@]5(C(=O)O)CC(O)[C@@H](NC(C)=O)C([C@H](O)[C@H](O)CO)O5)C4O)C3NC(C)=O)[C@H](O)C2O)[C@H](O)C1O)NC(=O)CCCCCCCCCCCCCCCCC. The Morgan fingerprint density at radius 2 is 0.880 bits per heavy atom. The highest BCUT2D eigenvalue weighted by atomic mass is 16.8. The van der Waals surface area contributed by atoms with Crippen molar-refractivity contribution in [1.29, 1.82) is 0 Å². The summed E-state index contributed by atoms with van der Waals surface area (Å²) in [4.78, 5) is 52.7. The summed E-state index contributed by atoms with van der Waals surface area (Å²) in [5.74, 6) is -7.60. The van der Waals surface area contributed by atoms with Crippen molar-refractivity contribution in [2.24, 2.45) is 0 Å². The third-order valence-corrected chi connectivity index (χ3v) is 22.7. The Balaban J connectivity index is 1.18. The van der Waals surface area contributed by atoms with Crippen LogP contribution in [0.15, 0.2) is 12.2 Å². The van der Waals surface area contributed by atoms with Gasteiger partial charge in [-0.3, -0.25) is 14.4 Å².